The first-order valence-electron chi connectivity index (χ1n) is 6.02. The lowest BCUT2D eigenvalue weighted by atomic mass is 9.98. The lowest BCUT2D eigenvalue weighted by Gasteiger charge is -2.30. The molecule has 1 aliphatic heterocycles. The van der Waals surface area contributed by atoms with E-state index in [-0.39, 0.29) is 0 Å². The molecule has 0 bridgehead atoms. The van der Waals surface area contributed by atoms with E-state index in [0.717, 1.165) is 21.4 Å². The number of hydrogen-bond donors (Lipinski definition) is 1. The van der Waals surface area contributed by atoms with Crippen molar-refractivity contribution in [1.82, 2.24) is 4.90 Å². The minimum absolute atomic E-state index is 0.764. The molecule has 94 valence electrons. The predicted molar refractivity (Wildman–Crippen MR) is 80.6 cm³/mol. The van der Waals surface area contributed by atoms with Crippen LogP contribution in [0.2, 0.25) is 0 Å². The van der Waals surface area contributed by atoms with Gasteiger partial charge in [-0.05, 0) is 66.5 Å². The third kappa shape index (κ3) is 3.97. The second-order valence-corrected chi connectivity index (χ2v) is 6.55. The lowest BCUT2D eigenvalue weighted by Crippen LogP contribution is -2.35. The highest BCUT2D eigenvalue weighted by Gasteiger charge is 2.16. The molecule has 0 spiro atoms. The van der Waals surface area contributed by atoms with Crippen molar-refractivity contribution in [3.8, 4) is 0 Å². The Bertz CT molecular complexity index is 382. The first kappa shape index (κ1) is 13.4. The summed E-state index contributed by atoms with van der Waals surface area (Å²) in [4.78, 5) is 2.42. The molecule has 0 aliphatic carbocycles. The Hall–Kier alpha value is -0.0600. The number of hydrogen-bond acceptors (Lipinski definition) is 2. The van der Waals surface area contributed by atoms with Gasteiger partial charge in [-0.2, -0.15) is 0 Å². The van der Waals surface area contributed by atoms with E-state index in [1.54, 1.807) is 0 Å². The monoisotopic (exact) mass is 360 g/mol. The summed E-state index contributed by atoms with van der Waals surface area (Å²) < 4.78 is 2.24. The number of likely N-dealkylation sites (tertiary alicyclic amines) is 1. The average Bonchev–Trinajstić information content (AvgIpc) is 2.30. The molecule has 1 saturated heterocycles. The van der Waals surface area contributed by atoms with Gasteiger partial charge in [-0.3, -0.25) is 0 Å². The van der Waals surface area contributed by atoms with Gasteiger partial charge < -0.3 is 10.2 Å². The predicted octanol–water partition coefficient (Wildman–Crippen LogP) is 3.97. The fourth-order valence-corrected chi connectivity index (χ4v) is 3.07. The molecule has 0 aromatic heterocycles. The van der Waals surface area contributed by atoms with Crippen LogP contribution in [0.5, 0.6) is 0 Å². The van der Waals surface area contributed by atoms with Crippen LogP contribution in [0.1, 0.15) is 12.8 Å². The third-order valence-electron chi connectivity index (χ3n) is 3.23. The Kier molecular flexibility index (Phi) is 4.88. The van der Waals surface area contributed by atoms with Crippen molar-refractivity contribution in [3.05, 3.63) is 27.1 Å². The molecule has 2 rings (SSSR count). The summed E-state index contributed by atoms with van der Waals surface area (Å²) in [7, 11) is 2.21. The van der Waals surface area contributed by atoms with Gasteiger partial charge in [0.05, 0.1) is 0 Å². The van der Waals surface area contributed by atoms with Crippen LogP contribution in [0, 0.1) is 5.92 Å². The maximum absolute atomic E-state index is 3.57. The average molecular weight is 362 g/mol. The molecule has 1 heterocycles. The molecule has 1 unspecified atom stereocenters. The molecule has 1 aromatic carbocycles. The molecule has 4 heteroatoms. The number of halogens is 2. The first-order valence-corrected chi connectivity index (χ1v) is 7.61. The zero-order valence-electron chi connectivity index (χ0n) is 10.0. The lowest BCUT2D eigenvalue weighted by molar-refractivity contribution is 0.217. The van der Waals surface area contributed by atoms with Gasteiger partial charge in [0.15, 0.2) is 0 Å². The van der Waals surface area contributed by atoms with Crippen LogP contribution < -0.4 is 5.32 Å². The van der Waals surface area contributed by atoms with E-state index in [9.17, 15) is 0 Å². The van der Waals surface area contributed by atoms with Crippen molar-refractivity contribution in [2.24, 2.45) is 5.92 Å². The summed E-state index contributed by atoms with van der Waals surface area (Å²) >= 11 is 7.08. The maximum atomic E-state index is 3.57. The highest BCUT2D eigenvalue weighted by Crippen LogP contribution is 2.27. The molecule has 1 N–H and O–H groups in total. The number of piperidine rings is 1. The zero-order chi connectivity index (χ0) is 12.3. The van der Waals surface area contributed by atoms with E-state index >= 15 is 0 Å². The van der Waals surface area contributed by atoms with E-state index in [1.165, 1.54) is 31.6 Å². The molecular weight excluding hydrogens is 344 g/mol. The fraction of sp³-hybridized carbons (Fsp3) is 0.538. The van der Waals surface area contributed by atoms with Crippen LogP contribution in [0.3, 0.4) is 0 Å². The van der Waals surface area contributed by atoms with Crippen LogP contribution in [-0.2, 0) is 0 Å². The van der Waals surface area contributed by atoms with Crippen molar-refractivity contribution < 1.29 is 0 Å². The Morgan fingerprint density at radius 2 is 2.24 bits per heavy atom. The summed E-state index contributed by atoms with van der Waals surface area (Å²) in [5.41, 5.74) is 1.17. The van der Waals surface area contributed by atoms with Gasteiger partial charge in [0, 0.05) is 27.7 Å². The third-order valence-corrected chi connectivity index (χ3v) is 4.42. The van der Waals surface area contributed by atoms with Crippen molar-refractivity contribution in [2.75, 3.05) is 32.0 Å². The van der Waals surface area contributed by atoms with Crippen LogP contribution in [0.4, 0.5) is 5.69 Å². The van der Waals surface area contributed by atoms with Crippen molar-refractivity contribution >= 4 is 37.5 Å². The van der Waals surface area contributed by atoms with Gasteiger partial charge in [0.2, 0.25) is 0 Å². The van der Waals surface area contributed by atoms with Crippen molar-refractivity contribution in [3.63, 3.8) is 0 Å². The minimum atomic E-state index is 0.764. The van der Waals surface area contributed by atoms with Gasteiger partial charge in [0.1, 0.15) is 0 Å². The number of anilines is 1. The number of nitrogens with one attached hydrogen (secondary N) is 1. The number of nitrogens with zero attached hydrogens (tertiary/aromatic N) is 1. The van der Waals surface area contributed by atoms with Crippen molar-refractivity contribution in [1.29, 1.82) is 0 Å². The quantitative estimate of drug-likeness (QED) is 0.876. The Labute approximate surface area is 120 Å². The minimum Gasteiger partial charge on any atom is -0.384 e. The standard InChI is InChI=1S/C13H18Br2N2/c1-17-6-2-3-10(9-17)8-16-13-7-11(14)4-5-12(13)15/h4-5,7,10,16H,2-3,6,8-9H2,1H3. The van der Waals surface area contributed by atoms with Crippen LogP contribution >= 0.6 is 31.9 Å². The molecule has 1 aromatic rings. The van der Waals surface area contributed by atoms with E-state index < -0.39 is 0 Å². The molecule has 0 saturated carbocycles. The Balaban J connectivity index is 1.90. The molecular formula is C13H18Br2N2. The van der Waals surface area contributed by atoms with E-state index in [2.05, 4.69) is 61.3 Å². The second kappa shape index (κ2) is 6.21. The Morgan fingerprint density at radius 1 is 1.41 bits per heavy atom. The molecule has 1 aliphatic rings. The van der Waals surface area contributed by atoms with Gasteiger partial charge in [-0.15, -0.1) is 0 Å². The van der Waals surface area contributed by atoms with Gasteiger partial charge in [0.25, 0.3) is 0 Å². The summed E-state index contributed by atoms with van der Waals surface area (Å²) in [6.45, 7) is 3.51. The summed E-state index contributed by atoms with van der Waals surface area (Å²) in [6.07, 6.45) is 2.66. The molecule has 0 radical (unpaired) electrons. The summed E-state index contributed by atoms with van der Waals surface area (Å²) in [5, 5.41) is 3.54. The maximum Gasteiger partial charge on any atom is 0.0496 e. The van der Waals surface area contributed by atoms with E-state index in [1.807, 2.05) is 6.07 Å². The second-order valence-electron chi connectivity index (χ2n) is 4.78. The highest BCUT2D eigenvalue weighted by atomic mass is 79.9. The molecule has 2 nitrogen and oxygen atoms in total. The van der Waals surface area contributed by atoms with Gasteiger partial charge in [-0.1, -0.05) is 15.9 Å². The van der Waals surface area contributed by atoms with Gasteiger partial charge in [-0.25, -0.2) is 0 Å². The van der Waals surface area contributed by atoms with E-state index in [0.29, 0.717) is 0 Å². The highest BCUT2D eigenvalue weighted by molar-refractivity contribution is 9.11. The number of benzene rings is 1. The van der Waals surface area contributed by atoms with Crippen LogP contribution in [0.25, 0.3) is 0 Å². The normalized spacial score (nSPS) is 21.5. The van der Waals surface area contributed by atoms with E-state index in [4.69, 9.17) is 0 Å². The zero-order valence-corrected chi connectivity index (χ0v) is 13.2. The Morgan fingerprint density at radius 3 is 3.00 bits per heavy atom. The van der Waals surface area contributed by atoms with Crippen LogP contribution in [-0.4, -0.2) is 31.6 Å². The van der Waals surface area contributed by atoms with Crippen LogP contribution in [0.15, 0.2) is 27.1 Å². The molecule has 1 atom stereocenters. The smallest absolute Gasteiger partial charge is 0.0496 e. The molecule has 0 amide bonds. The largest absolute Gasteiger partial charge is 0.384 e. The van der Waals surface area contributed by atoms with Gasteiger partial charge >= 0.3 is 0 Å². The fourth-order valence-electron chi connectivity index (χ4n) is 2.33. The topological polar surface area (TPSA) is 15.3 Å². The summed E-state index contributed by atoms with van der Waals surface area (Å²) in [5.74, 6) is 0.764. The van der Waals surface area contributed by atoms with Crippen molar-refractivity contribution in [2.45, 2.75) is 12.8 Å². The molecule has 1 fully saturated rings. The summed E-state index contributed by atoms with van der Waals surface area (Å²) in [6, 6.07) is 6.24. The molecule has 17 heavy (non-hydrogen) atoms. The SMILES string of the molecule is CN1CCCC(CNc2cc(Br)ccc2Br)C1. The number of rotatable bonds is 3. The first-order chi connectivity index (χ1) is 8.15.